The maximum Gasteiger partial charge on any atom is 0.273 e. The van der Waals surface area contributed by atoms with Gasteiger partial charge < -0.3 is 9.64 Å². The molecule has 0 radical (unpaired) electrons. The van der Waals surface area contributed by atoms with Gasteiger partial charge in [-0.25, -0.2) is 4.98 Å². The van der Waals surface area contributed by atoms with E-state index in [1.54, 1.807) is 22.9 Å². The van der Waals surface area contributed by atoms with Gasteiger partial charge in [0.1, 0.15) is 5.69 Å². The summed E-state index contributed by atoms with van der Waals surface area (Å²) >= 11 is 1.43. The Hall–Kier alpha value is -1.72. The second-order valence-corrected chi connectivity index (χ2v) is 4.80. The van der Waals surface area contributed by atoms with E-state index in [1.807, 2.05) is 30.3 Å². The number of amides is 1. The van der Waals surface area contributed by atoms with Crippen molar-refractivity contribution in [3.05, 3.63) is 52.5 Å². The number of aromatic nitrogens is 1. The number of carbonyl (C=O) groups is 1. The number of ether oxygens (including phenoxy) is 1. The van der Waals surface area contributed by atoms with Crippen LogP contribution >= 0.6 is 11.3 Å². The van der Waals surface area contributed by atoms with Gasteiger partial charge in [0, 0.05) is 25.6 Å². The zero-order valence-corrected chi connectivity index (χ0v) is 11.6. The highest BCUT2D eigenvalue weighted by Crippen LogP contribution is 2.10. The standard InChI is InChI=1S/C14H16N2O2S/c1-18-8-7-16(9-12-5-3-2-4-6-12)14(17)13-10-19-11-15-13/h2-6,10-11H,7-9H2,1H3. The van der Waals surface area contributed by atoms with Crippen molar-refractivity contribution in [2.45, 2.75) is 6.54 Å². The fourth-order valence-electron chi connectivity index (χ4n) is 1.74. The molecule has 1 heterocycles. The van der Waals surface area contributed by atoms with Gasteiger partial charge in [-0.3, -0.25) is 4.79 Å². The Morgan fingerprint density at radius 1 is 1.37 bits per heavy atom. The molecule has 1 aromatic carbocycles. The Labute approximate surface area is 116 Å². The van der Waals surface area contributed by atoms with E-state index >= 15 is 0 Å². The minimum Gasteiger partial charge on any atom is -0.383 e. The van der Waals surface area contributed by atoms with Crippen molar-refractivity contribution in [2.24, 2.45) is 0 Å². The first-order valence-corrected chi connectivity index (χ1v) is 6.96. The maximum absolute atomic E-state index is 12.3. The third-order valence-electron chi connectivity index (χ3n) is 2.72. The largest absolute Gasteiger partial charge is 0.383 e. The minimum atomic E-state index is -0.0536. The molecule has 4 nitrogen and oxygen atoms in total. The first kappa shape index (κ1) is 13.7. The lowest BCUT2D eigenvalue weighted by molar-refractivity contribution is 0.0675. The molecule has 0 saturated carbocycles. The number of benzene rings is 1. The first-order valence-electron chi connectivity index (χ1n) is 6.01. The number of carbonyl (C=O) groups excluding carboxylic acids is 1. The fourth-order valence-corrected chi connectivity index (χ4v) is 2.26. The van der Waals surface area contributed by atoms with E-state index in [9.17, 15) is 4.79 Å². The van der Waals surface area contributed by atoms with Crippen molar-refractivity contribution < 1.29 is 9.53 Å². The number of methoxy groups -OCH3 is 1. The lowest BCUT2D eigenvalue weighted by Gasteiger charge is -2.21. The third-order valence-corrected chi connectivity index (χ3v) is 3.31. The van der Waals surface area contributed by atoms with E-state index < -0.39 is 0 Å². The number of nitrogens with zero attached hydrogens (tertiary/aromatic N) is 2. The highest BCUT2D eigenvalue weighted by molar-refractivity contribution is 7.07. The highest BCUT2D eigenvalue weighted by Gasteiger charge is 2.17. The molecule has 0 unspecified atom stereocenters. The molecule has 0 saturated heterocycles. The number of thiazole rings is 1. The van der Waals surface area contributed by atoms with Crippen LogP contribution in [0.2, 0.25) is 0 Å². The van der Waals surface area contributed by atoms with Gasteiger partial charge in [-0.1, -0.05) is 30.3 Å². The predicted octanol–water partition coefficient (Wildman–Crippen LogP) is 2.43. The molecule has 2 aromatic rings. The Kier molecular flexibility index (Phi) is 5.06. The van der Waals surface area contributed by atoms with Crippen LogP contribution in [0, 0.1) is 0 Å². The smallest absolute Gasteiger partial charge is 0.273 e. The summed E-state index contributed by atoms with van der Waals surface area (Å²) in [4.78, 5) is 18.2. The Balaban J connectivity index is 2.09. The molecule has 0 atom stereocenters. The Morgan fingerprint density at radius 3 is 2.79 bits per heavy atom. The molecule has 0 aliphatic rings. The molecule has 100 valence electrons. The second-order valence-electron chi connectivity index (χ2n) is 4.08. The van der Waals surface area contributed by atoms with Gasteiger partial charge in [0.15, 0.2) is 0 Å². The van der Waals surface area contributed by atoms with E-state index in [0.717, 1.165) is 5.56 Å². The monoisotopic (exact) mass is 276 g/mol. The number of hydrogen-bond acceptors (Lipinski definition) is 4. The molecule has 0 fully saturated rings. The zero-order valence-electron chi connectivity index (χ0n) is 10.8. The van der Waals surface area contributed by atoms with Crippen LogP contribution in [0.15, 0.2) is 41.2 Å². The molecular formula is C14H16N2O2S. The summed E-state index contributed by atoms with van der Waals surface area (Å²) in [5.74, 6) is -0.0536. The summed E-state index contributed by atoms with van der Waals surface area (Å²) in [6.07, 6.45) is 0. The molecule has 1 amide bonds. The first-order chi connectivity index (χ1) is 9.31. The van der Waals surface area contributed by atoms with Crippen molar-refractivity contribution in [1.82, 2.24) is 9.88 Å². The van der Waals surface area contributed by atoms with E-state index in [0.29, 0.717) is 25.4 Å². The van der Waals surface area contributed by atoms with Crippen LogP contribution in [0.1, 0.15) is 16.1 Å². The average molecular weight is 276 g/mol. The summed E-state index contributed by atoms with van der Waals surface area (Å²) in [5, 5.41) is 1.77. The van der Waals surface area contributed by atoms with Gasteiger partial charge in [-0.05, 0) is 5.56 Å². The average Bonchev–Trinajstić information content (AvgIpc) is 2.98. The quantitative estimate of drug-likeness (QED) is 0.814. The molecule has 0 spiro atoms. The van der Waals surface area contributed by atoms with E-state index in [4.69, 9.17) is 4.74 Å². The molecule has 0 aliphatic heterocycles. The van der Waals surface area contributed by atoms with Gasteiger partial charge in [0.05, 0.1) is 12.1 Å². The number of hydrogen-bond donors (Lipinski definition) is 0. The van der Waals surface area contributed by atoms with Crippen LogP contribution in [0.3, 0.4) is 0 Å². The molecule has 0 aliphatic carbocycles. The SMILES string of the molecule is COCCN(Cc1ccccc1)C(=O)c1cscn1. The van der Waals surface area contributed by atoms with E-state index in [1.165, 1.54) is 11.3 Å². The van der Waals surface area contributed by atoms with Crippen molar-refractivity contribution in [1.29, 1.82) is 0 Å². The van der Waals surface area contributed by atoms with E-state index in [2.05, 4.69) is 4.98 Å². The van der Waals surface area contributed by atoms with Crippen molar-refractivity contribution in [2.75, 3.05) is 20.3 Å². The van der Waals surface area contributed by atoms with Crippen molar-refractivity contribution >= 4 is 17.2 Å². The number of rotatable bonds is 6. The van der Waals surface area contributed by atoms with Gasteiger partial charge in [0.25, 0.3) is 5.91 Å². The second kappa shape index (κ2) is 7.01. The molecular weight excluding hydrogens is 260 g/mol. The van der Waals surface area contributed by atoms with Crippen molar-refractivity contribution in [3.63, 3.8) is 0 Å². The zero-order chi connectivity index (χ0) is 13.5. The van der Waals surface area contributed by atoms with Gasteiger partial charge in [0.2, 0.25) is 0 Å². The predicted molar refractivity (Wildman–Crippen MR) is 75.2 cm³/mol. The van der Waals surface area contributed by atoms with Crippen LogP contribution in [-0.2, 0) is 11.3 Å². The van der Waals surface area contributed by atoms with Crippen molar-refractivity contribution in [3.8, 4) is 0 Å². The molecule has 5 heteroatoms. The Bertz CT molecular complexity index is 499. The van der Waals surface area contributed by atoms with Crippen LogP contribution in [-0.4, -0.2) is 36.1 Å². The summed E-state index contributed by atoms with van der Waals surface area (Å²) in [6.45, 7) is 1.64. The molecule has 2 rings (SSSR count). The molecule has 0 N–H and O–H groups in total. The third kappa shape index (κ3) is 3.87. The highest BCUT2D eigenvalue weighted by atomic mass is 32.1. The summed E-state index contributed by atoms with van der Waals surface area (Å²) in [5.41, 5.74) is 3.27. The summed E-state index contributed by atoms with van der Waals surface area (Å²) < 4.78 is 5.07. The molecule has 1 aromatic heterocycles. The Morgan fingerprint density at radius 2 is 2.16 bits per heavy atom. The lowest BCUT2D eigenvalue weighted by atomic mass is 10.2. The minimum absolute atomic E-state index is 0.0536. The topological polar surface area (TPSA) is 42.4 Å². The van der Waals surface area contributed by atoms with Gasteiger partial charge in [-0.15, -0.1) is 11.3 Å². The lowest BCUT2D eigenvalue weighted by Crippen LogP contribution is -2.33. The molecule has 19 heavy (non-hydrogen) atoms. The van der Waals surface area contributed by atoms with E-state index in [-0.39, 0.29) is 5.91 Å². The maximum atomic E-state index is 12.3. The summed E-state index contributed by atoms with van der Waals surface area (Å²) in [6, 6.07) is 9.92. The normalized spacial score (nSPS) is 10.4. The van der Waals surface area contributed by atoms with Crippen LogP contribution in [0.4, 0.5) is 0 Å². The van der Waals surface area contributed by atoms with Gasteiger partial charge >= 0.3 is 0 Å². The summed E-state index contributed by atoms with van der Waals surface area (Å²) in [7, 11) is 1.63. The van der Waals surface area contributed by atoms with Crippen LogP contribution in [0.25, 0.3) is 0 Å². The van der Waals surface area contributed by atoms with Crippen LogP contribution in [0.5, 0.6) is 0 Å². The molecule has 0 bridgehead atoms. The van der Waals surface area contributed by atoms with Gasteiger partial charge in [-0.2, -0.15) is 0 Å². The van der Waals surface area contributed by atoms with Crippen LogP contribution < -0.4 is 0 Å². The fraction of sp³-hybridized carbons (Fsp3) is 0.286.